The van der Waals surface area contributed by atoms with E-state index in [-0.39, 0.29) is 6.04 Å². The van der Waals surface area contributed by atoms with Gasteiger partial charge in [0.1, 0.15) is 0 Å². The molecule has 0 radical (unpaired) electrons. The smallest absolute Gasteiger partial charge is 0.0579 e. The van der Waals surface area contributed by atoms with Crippen molar-refractivity contribution in [2.24, 2.45) is 5.84 Å². The Morgan fingerprint density at radius 3 is 3.00 bits per heavy atom. The predicted molar refractivity (Wildman–Crippen MR) is 67.0 cm³/mol. The summed E-state index contributed by atoms with van der Waals surface area (Å²) < 4.78 is 0. The minimum atomic E-state index is 0.219. The number of benzene rings is 1. The van der Waals surface area contributed by atoms with E-state index in [2.05, 4.69) is 11.5 Å². The van der Waals surface area contributed by atoms with Gasteiger partial charge in [0.2, 0.25) is 0 Å². The summed E-state index contributed by atoms with van der Waals surface area (Å²) in [5.74, 6) is 6.87. The van der Waals surface area contributed by atoms with Crippen LogP contribution in [0.5, 0.6) is 0 Å². The molecule has 1 aliphatic rings. The molecule has 0 amide bonds. The number of nitrogens with two attached hydrogens (primary N) is 1. The fourth-order valence-corrected chi connectivity index (χ4v) is 3.58. The van der Waals surface area contributed by atoms with Crippen LogP contribution in [0.1, 0.15) is 24.4 Å². The molecule has 2 atom stereocenters. The van der Waals surface area contributed by atoms with Gasteiger partial charge in [-0.3, -0.25) is 11.3 Å². The van der Waals surface area contributed by atoms with E-state index in [1.165, 1.54) is 24.2 Å². The van der Waals surface area contributed by atoms with Gasteiger partial charge in [-0.15, -0.1) is 0 Å². The van der Waals surface area contributed by atoms with Gasteiger partial charge in [-0.05, 0) is 36.3 Å². The van der Waals surface area contributed by atoms with Crippen LogP contribution in [0.4, 0.5) is 0 Å². The first-order valence-electron chi connectivity index (χ1n) is 5.14. The summed E-state index contributed by atoms with van der Waals surface area (Å²) in [6.07, 6.45) is 2.51. The van der Waals surface area contributed by atoms with Gasteiger partial charge in [0, 0.05) is 10.3 Å². The Hall–Kier alpha value is -0.220. The van der Waals surface area contributed by atoms with Crippen molar-refractivity contribution >= 4 is 23.4 Å². The van der Waals surface area contributed by atoms with Crippen LogP contribution in [-0.2, 0) is 0 Å². The molecule has 0 aromatic heterocycles. The Morgan fingerprint density at radius 2 is 2.40 bits per heavy atom. The summed E-state index contributed by atoms with van der Waals surface area (Å²) >= 11 is 7.97. The second kappa shape index (κ2) is 5.21. The Bertz CT molecular complexity index is 326. The van der Waals surface area contributed by atoms with Crippen molar-refractivity contribution in [1.29, 1.82) is 0 Å². The zero-order chi connectivity index (χ0) is 10.7. The van der Waals surface area contributed by atoms with Crippen molar-refractivity contribution < 1.29 is 0 Å². The Balaban J connectivity index is 2.18. The van der Waals surface area contributed by atoms with E-state index in [9.17, 15) is 0 Å². The number of halogens is 1. The lowest BCUT2D eigenvalue weighted by atomic mass is 10.0. The highest BCUT2D eigenvalue weighted by Gasteiger charge is 2.25. The Morgan fingerprint density at radius 1 is 1.53 bits per heavy atom. The van der Waals surface area contributed by atoms with Crippen LogP contribution in [-0.4, -0.2) is 11.0 Å². The van der Waals surface area contributed by atoms with Gasteiger partial charge in [-0.1, -0.05) is 23.7 Å². The normalized spacial score (nSPS) is 22.9. The van der Waals surface area contributed by atoms with Gasteiger partial charge in [0.15, 0.2) is 0 Å². The molecule has 0 bridgehead atoms. The summed E-state index contributed by atoms with van der Waals surface area (Å²) in [7, 11) is 0. The van der Waals surface area contributed by atoms with E-state index in [1.807, 2.05) is 30.0 Å². The van der Waals surface area contributed by atoms with Gasteiger partial charge < -0.3 is 0 Å². The summed E-state index contributed by atoms with van der Waals surface area (Å²) in [6, 6.07) is 8.15. The number of hydrogen-bond acceptors (Lipinski definition) is 3. The number of hydrogen-bond donors (Lipinski definition) is 2. The molecule has 4 heteroatoms. The molecule has 0 saturated carbocycles. The summed E-state index contributed by atoms with van der Waals surface area (Å²) in [6.45, 7) is 0. The van der Waals surface area contributed by atoms with Gasteiger partial charge >= 0.3 is 0 Å². The van der Waals surface area contributed by atoms with Crippen LogP contribution >= 0.6 is 23.4 Å². The van der Waals surface area contributed by atoms with Crippen molar-refractivity contribution in [3.63, 3.8) is 0 Å². The minimum absolute atomic E-state index is 0.219. The fourth-order valence-electron chi connectivity index (χ4n) is 1.98. The average Bonchev–Trinajstić information content (AvgIpc) is 2.72. The maximum absolute atomic E-state index is 5.98. The lowest BCUT2D eigenvalue weighted by Gasteiger charge is -2.22. The number of rotatable bonds is 3. The molecule has 1 aromatic carbocycles. The van der Waals surface area contributed by atoms with E-state index in [4.69, 9.17) is 17.4 Å². The zero-order valence-corrected chi connectivity index (χ0v) is 10.0. The van der Waals surface area contributed by atoms with Crippen molar-refractivity contribution in [2.45, 2.75) is 24.1 Å². The van der Waals surface area contributed by atoms with E-state index in [1.54, 1.807) is 0 Å². The third-order valence-electron chi connectivity index (χ3n) is 2.72. The van der Waals surface area contributed by atoms with Gasteiger partial charge in [0.25, 0.3) is 0 Å². The van der Waals surface area contributed by atoms with Crippen molar-refractivity contribution in [2.75, 3.05) is 5.75 Å². The lowest BCUT2D eigenvalue weighted by molar-refractivity contribution is 0.520. The Kier molecular flexibility index (Phi) is 3.92. The molecule has 15 heavy (non-hydrogen) atoms. The van der Waals surface area contributed by atoms with Crippen molar-refractivity contribution in [3.05, 3.63) is 34.9 Å². The molecule has 2 unspecified atom stereocenters. The zero-order valence-electron chi connectivity index (χ0n) is 8.45. The highest BCUT2D eigenvalue weighted by atomic mass is 35.5. The van der Waals surface area contributed by atoms with Crippen LogP contribution in [0, 0.1) is 0 Å². The molecule has 1 heterocycles. The molecule has 1 aromatic rings. The molecule has 0 spiro atoms. The van der Waals surface area contributed by atoms with Crippen LogP contribution in [0.3, 0.4) is 0 Å². The topological polar surface area (TPSA) is 38.0 Å². The molecule has 1 fully saturated rings. The van der Waals surface area contributed by atoms with E-state index < -0.39 is 0 Å². The molecule has 3 N–H and O–H groups in total. The fraction of sp³-hybridized carbons (Fsp3) is 0.455. The van der Waals surface area contributed by atoms with Crippen LogP contribution in [0.2, 0.25) is 5.02 Å². The third-order valence-corrected chi connectivity index (χ3v) is 4.42. The number of thioether (sulfide) groups is 1. The summed E-state index contributed by atoms with van der Waals surface area (Å²) in [4.78, 5) is 0. The maximum Gasteiger partial charge on any atom is 0.0579 e. The summed E-state index contributed by atoms with van der Waals surface area (Å²) in [5, 5.41) is 1.35. The number of hydrazine groups is 1. The van der Waals surface area contributed by atoms with Gasteiger partial charge in [0.05, 0.1) is 6.04 Å². The molecule has 2 rings (SSSR count). The molecule has 82 valence electrons. The first kappa shape index (κ1) is 11.3. The lowest BCUT2D eigenvalue weighted by Crippen LogP contribution is -2.34. The number of nitrogens with one attached hydrogen (secondary N) is 1. The SMILES string of the molecule is NNC(c1cccc(Cl)c1)C1CCCS1. The average molecular weight is 243 g/mol. The molecular formula is C11H15ClN2S. The molecule has 1 aliphatic heterocycles. The largest absolute Gasteiger partial charge is 0.271 e. The molecule has 0 aliphatic carbocycles. The Labute approximate surface area is 99.5 Å². The molecule has 1 saturated heterocycles. The minimum Gasteiger partial charge on any atom is -0.271 e. The second-order valence-corrected chi connectivity index (χ2v) is 5.53. The van der Waals surface area contributed by atoms with E-state index in [0.717, 1.165) is 5.02 Å². The van der Waals surface area contributed by atoms with Crippen molar-refractivity contribution in [3.8, 4) is 0 Å². The van der Waals surface area contributed by atoms with Crippen LogP contribution in [0.25, 0.3) is 0 Å². The predicted octanol–water partition coefficient (Wildman–Crippen LogP) is 2.74. The highest BCUT2D eigenvalue weighted by Crippen LogP contribution is 2.35. The summed E-state index contributed by atoms with van der Waals surface area (Å²) in [5.41, 5.74) is 4.09. The van der Waals surface area contributed by atoms with Crippen molar-refractivity contribution in [1.82, 2.24) is 5.43 Å². The molecular weight excluding hydrogens is 228 g/mol. The third kappa shape index (κ3) is 2.67. The second-order valence-electron chi connectivity index (χ2n) is 3.75. The monoisotopic (exact) mass is 242 g/mol. The standard InChI is InChI=1S/C11H15ClN2S/c12-9-4-1-3-8(7-9)11(14-13)10-5-2-6-15-10/h1,3-4,7,10-11,14H,2,5-6,13H2. The van der Waals surface area contributed by atoms with Gasteiger partial charge in [-0.2, -0.15) is 11.8 Å². The maximum atomic E-state index is 5.98. The van der Waals surface area contributed by atoms with Crippen LogP contribution < -0.4 is 11.3 Å². The first-order valence-corrected chi connectivity index (χ1v) is 6.57. The van der Waals surface area contributed by atoms with Crippen LogP contribution in [0.15, 0.2) is 24.3 Å². The molecule has 2 nitrogen and oxygen atoms in total. The quantitative estimate of drug-likeness (QED) is 0.632. The highest BCUT2D eigenvalue weighted by molar-refractivity contribution is 8.00. The first-order chi connectivity index (χ1) is 7.31. The van der Waals surface area contributed by atoms with E-state index in [0.29, 0.717) is 5.25 Å². The van der Waals surface area contributed by atoms with Gasteiger partial charge in [-0.25, -0.2) is 0 Å². The van der Waals surface area contributed by atoms with E-state index >= 15 is 0 Å².